The lowest BCUT2D eigenvalue weighted by molar-refractivity contribution is 0.124. The van der Waals surface area contributed by atoms with Gasteiger partial charge in [0.1, 0.15) is 11.9 Å². The van der Waals surface area contributed by atoms with Crippen molar-refractivity contribution < 1.29 is 9.53 Å². The van der Waals surface area contributed by atoms with Crippen LogP contribution in [0.4, 0.5) is 4.79 Å². The number of hydrogen-bond donors (Lipinski definition) is 1. The second kappa shape index (κ2) is 5.85. The van der Waals surface area contributed by atoms with Crippen LogP contribution in [0.5, 0.6) is 0 Å². The van der Waals surface area contributed by atoms with E-state index < -0.39 is 0 Å². The summed E-state index contributed by atoms with van der Waals surface area (Å²) in [5, 5.41) is 2.98. The van der Waals surface area contributed by atoms with Gasteiger partial charge in [-0.1, -0.05) is 32.1 Å². The zero-order valence-corrected chi connectivity index (χ0v) is 12.0. The van der Waals surface area contributed by atoms with Gasteiger partial charge in [0, 0.05) is 25.9 Å². The summed E-state index contributed by atoms with van der Waals surface area (Å²) in [6.45, 7) is 0. The van der Waals surface area contributed by atoms with Gasteiger partial charge in [-0.15, -0.1) is 0 Å². The topological polar surface area (TPSA) is 56.2 Å². The van der Waals surface area contributed by atoms with Crippen LogP contribution in [0.3, 0.4) is 0 Å². The molecule has 1 aromatic rings. The van der Waals surface area contributed by atoms with E-state index in [1.165, 1.54) is 32.1 Å². The number of alkyl carbamates (subject to hydrolysis) is 1. The first-order valence-electron chi connectivity index (χ1n) is 7.65. The van der Waals surface area contributed by atoms with Crippen molar-refractivity contribution in [2.24, 2.45) is 13.0 Å². The summed E-state index contributed by atoms with van der Waals surface area (Å²) >= 11 is 0. The molecule has 2 aliphatic rings. The van der Waals surface area contributed by atoms with Gasteiger partial charge in [0.15, 0.2) is 0 Å². The van der Waals surface area contributed by atoms with Crippen molar-refractivity contribution in [3.8, 4) is 0 Å². The smallest absolute Gasteiger partial charge is 0.407 e. The van der Waals surface area contributed by atoms with Crippen LogP contribution < -0.4 is 5.32 Å². The fourth-order valence-electron chi connectivity index (χ4n) is 3.45. The summed E-state index contributed by atoms with van der Waals surface area (Å²) in [5.41, 5.74) is 0. The monoisotopic (exact) mass is 277 g/mol. The molecule has 1 saturated heterocycles. The molecule has 1 amide bonds. The van der Waals surface area contributed by atoms with E-state index in [4.69, 9.17) is 4.74 Å². The maximum atomic E-state index is 11.6. The minimum atomic E-state index is -0.273. The van der Waals surface area contributed by atoms with E-state index in [-0.39, 0.29) is 18.2 Å². The summed E-state index contributed by atoms with van der Waals surface area (Å²) in [6, 6.07) is 0.141. The Morgan fingerprint density at radius 1 is 1.40 bits per heavy atom. The van der Waals surface area contributed by atoms with Gasteiger partial charge >= 0.3 is 6.09 Å². The predicted octanol–water partition coefficient (Wildman–Crippen LogP) is 2.41. The number of aromatic nitrogens is 2. The molecule has 5 nitrogen and oxygen atoms in total. The maximum absolute atomic E-state index is 11.6. The molecule has 1 aliphatic carbocycles. The molecule has 110 valence electrons. The number of amides is 1. The van der Waals surface area contributed by atoms with Gasteiger partial charge in [-0.25, -0.2) is 9.78 Å². The first kappa shape index (κ1) is 13.5. The number of carbonyl (C=O) groups is 1. The van der Waals surface area contributed by atoms with Crippen LogP contribution in [-0.4, -0.2) is 27.8 Å². The average molecular weight is 277 g/mol. The van der Waals surface area contributed by atoms with Gasteiger partial charge in [0.05, 0.1) is 6.04 Å². The molecule has 2 atom stereocenters. The van der Waals surface area contributed by atoms with Gasteiger partial charge in [0.25, 0.3) is 0 Å². The lowest BCUT2D eigenvalue weighted by Crippen LogP contribution is -2.35. The Kier molecular flexibility index (Phi) is 3.94. The second-order valence-electron chi connectivity index (χ2n) is 6.09. The first-order valence-corrected chi connectivity index (χ1v) is 7.65. The number of nitrogens with zero attached hydrogens (tertiary/aromatic N) is 2. The molecule has 1 aliphatic heterocycles. The van der Waals surface area contributed by atoms with Gasteiger partial charge in [-0.2, -0.15) is 0 Å². The van der Waals surface area contributed by atoms with Crippen LogP contribution in [0.25, 0.3) is 0 Å². The third-order valence-electron chi connectivity index (χ3n) is 4.63. The van der Waals surface area contributed by atoms with Crippen LogP contribution in [0.1, 0.15) is 44.3 Å². The van der Waals surface area contributed by atoms with Crippen LogP contribution >= 0.6 is 0 Å². The molecule has 1 saturated carbocycles. The lowest BCUT2D eigenvalue weighted by Gasteiger charge is -2.26. The fourth-order valence-corrected chi connectivity index (χ4v) is 3.45. The zero-order chi connectivity index (χ0) is 13.9. The molecule has 0 radical (unpaired) electrons. The standard InChI is InChI=1S/C15H23N3O2/c1-18-8-7-16-14(18)10-13-12(17-15(19)20-13)9-11-5-3-2-4-6-11/h7-8,11-13H,2-6,9-10H2,1H3,(H,17,19)/t12-,13+/m0/s1. The highest BCUT2D eigenvalue weighted by Gasteiger charge is 2.36. The molecule has 1 aromatic heterocycles. The van der Waals surface area contributed by atoms with E-state index >= 15 is 0 Å². The number of nitrogens with one attached hydrogen (secondary N) is 1. The van der Waals surface area contributed by atoms with Crippen molar-refractivity contribution in [2.45, 2.75) is 57.1 Å². The number of cyclic esters (lactones) is 1. The van der Waals surface area contributed by atoms with Crippen molar-refractivity contribution in [2.75, 3.05) is 0 Å². The molecule has 5 heteroatoms. The zero-order valence-electron chi connectivity index (χ0n) is 12.0. The van der Waals surface area contributed by atoms with E-state index in [9.17, 15) is 4.79 Å². The van der Waals surface area contributed by atoms with Crippen molar-refractivity contribution in [1.82, 2.24) is 14.9 Å². The second-order valence-corrected chi connectivity index (χ2v) is 6.09. The van der Waals surface area contributed by atoms with Crippen molar-refractivity contribution in [3.05, 3.63) is 18.2 Å². The van der Waals surface area contributed by atoms with Crippen LogP contribution in [-0.2, 0) is 18.2 Å². The Morgan fingerprint density at radius 2 is 2.20 bits per heavy atom. The van der Waals surface area contributed by atoms with Crippen molar-refractivity contribution in [1.29, 1.82) is 0 Å². The van der Waals surface area contributed by atoms with Gasteiger partial charge in [-0.3, -0.25) is 0 Å². The minimum absolute atomic E-state index is 0.0782. The van der Waals surface area contributed by atoms with E-state index in [1.807, 2.05) is 17.8 Å². The number of hydrogen-bond acceptors (Lipinski definition) is 3. The summed E-state index contributed by atoms with van der Waals surface area (Å²) < 4.78 is 7.43. The Hall–Kier alpha value is -1.52. The SMILES string of the molecule is Cn1ccnc1C[C@H]1OC(=O)N[C@H]1CC1CCCCC1. The summed E-state index contributed by atoms with van der Waals surface area (Å²) in [6.07, 6.45) is 11.7. The number of ether oxygens (including phenoxy) is 1. The molecule has 20 heavy (non-hydrogen) atoms. The molecule has 3 rings (SSSR count). The van der Waals surface area contributed by atoms with Gasteiger partial charge < -0.3 is 14.6 Å². The minimum Gasteiger partial charge on any atom is -0.444 e. The molecule has 2 heterocycles. The van der Waals surface area contributed by atoms with Crippen molar-refractivity contribution in [3.63, 3.8) is 0 Å². The number of carbonyl (C=O) groups excluding carboxylic acids is 1. The van der Waals surface area contributed by atoms with Crippen LogP contribution in [0.2, 0.25) is 0 Å². The molecule has 0 unspecified atom stereocenters. The van der Waals surface area contributed by atoms with E-state index in [1.54, 1.807) is 6.20 Å². The van der Waals surface area contributed by atoms with Gasteiger partial charge in [-0.05, 0) is 12.3 Å². The number of aryl methyl sites for hydroxylation is 1. The molecule has 0 spiro atoms. The summed E-state index contributed by atoms with van der Waals surface area (Å²) in [4.78, 5) is 15.9. The summed E-state index contributed by atoms with van der Waals surface area (Å²) in [7, 11) is 1.97. The third kappa shape index (κ3) is 2.97. The molecule has 0 bridgehead atoms. The fraction of sp³-hybridized carbons (Fsp3) is 0.733. The number of rotatable bonds is 4. The lowest BCUT2D eigenvalue weighted by atomic mass is 9.83. The average Bonchev–Trinajstić information content (AvgIpc) is 2.98. The highest BCUT2D eigenvalue weighted by molar-refractivity contribution is 5.70. The maximum Gasteiger partial charge on any atom is 0.407 e. The van der Waals surface area contributed by atoms with Crippen LogP contribution in [0.15, 0.2) is 12.4 Å². The Bertz CT molecular complexity index is 465. The molecule has 0 aromatic carbocycles. The highest BCUT2D eigenvalue weighted by atomic mass is 16.6. The molecular formula is C15H23N3O2. The largest absolute Gasteiger partial charge is 0.444 e. The summed E-state index contributed by atoms with van der Waals surface area (Å²) in [5.74, 6) is 1.71. The normalized spacial score (nSPS) is 27.4. The van der Waals surface area contributed by atoms with E-state index in [0.717, 1.165) is 18.2 Å². The molecule has 2 fully saturated rings. The molecule has 1 N–H and O–H groups in total. The van der Waals surface area contributed by atoms with Gasteiger partial charge in [0.2, 0.25) is 0 Å². The van der Waals surface area contributed by atoms with Crippen LogP contribution in [0, 0.1) is 5.92 Å². The van der Waals surface area contributed by atoms with Crippen molar-refractivity contribution >= 4 is 6.09 Å². The highest BCUT2D eigenvalue weighted by Crippen LogP contribution is 2.30. The Morgan fingerprint density at radius 3 is 2.90 bits per heavy atom. The van der Waals surface area contributed by atoms with E-state index in [2.05, 4.69) is 10.3 Å². The third-order valence-corrected chi connectivity index (χ3v) is 4.63. The number of imidazole rings is 1. The predicted molar refractivity (Wildman–Crippen MR) is 75.3 cm³/mol. The van der Waals surface area contributed by atoms with E-state index in [0.29, 0.717) is 6.42 Å². The molecular weight excluding hydrogens is 254 g/mol. The Balaban J connectivity index is 1.62. The first-order chi connectivity index (χ1) is 9.72. The Labute approximate surface area is 119 Å². The quantitative estimate of drug-likeness (QED) is 0.919.